The highest BCUT2D eigenvalue weighted by Gasteiger charge is 2.24. The number of hydrogen-bond donors (Lipinski definition) is 0. The molecule has 0 aliphatic heterocycles. The lowest BCUT2D eigenvalue weighted by Crippen LogP contribution is -2.40. The molecule has 1 amide bonds. The van der Waals surface area contributed by atoms with Gasteiger partial charge in [0, 0.05) is 23.9 Å². The smallest absolute Gasteiger partial charge is 0.267 e. The molecular weight excluding hydrogens is 326 g/mol. The van der Waals surface area contributed by atoms with E-state index in [9.17, 15) is 9.59 Å². The molecule has 0 N–H and O–H groups in total. The third kappa shape index (κ3) is 3.57. The fourth-order valence-electron chi connectivity index (χ4n) is 2.87. The predicted molar refractivity (Wildman–Crippen MR) is 103 cm³/mol. The van der Waals surface area contributed by atoms with Gasteiger partial charge in [0.2, 0.25) is 0 Å². The van der Waals surface area contributed by atoms with Crippen molar-refractivity contribution in [2.45, 2.75) is 19.9 Å². The summed E-state index contributed by atoms with van der Waals surface area (Å²) in [5.74, 6) is -0.168. The zero-order chi connectivity index (χ0) is 18.5. The third-order valence-corrected chi connectivity index (χ3v) is 4.27. The number of carbonyl (C=O) groups is 1. The van der Waals surface area contributed by atoms with Gasteiger partial charge >= 0.3 is 0 Å². The molecule has 1 unspecified atom stereocenters. The van der Waals surface area contributed by atoms with Gasteiger partial charge in [0.1, 0.15) is 6.04 Å². The van der Waals surface area contributed by atoms with Crippen LogP contribution in [-0.2, 0) is 4.79 Å². The normalized spacial score (nSPS) is 11.8. The van der Waals surface area contributed by atoms with E-state index in [1.54, 1.807) is 17.9 Å². The Morgan fingerprint density at radius 2 is 1.62 bits per heavy atom. The van der Waals surface area contributed by atoms with E-state index in [1.165, 1.54) is 10.7 Å². The first kappa shape index (κ1) is 17.6. The number of amides is 1. The van der Waals surface area contributed by atoms with E-state index >= 15 is 0 Å². The van der Waals surface area contributed by atoms with Gasteiger partial charge in [-0.3, -0.25) is 9.59 Å². The maximum absolute atomic E-state index is 13.0. The Balaban J connectivity index is 1.95. The van der Waals surface area contributed by atoms with E-state index in [0.717, 1.165) is 11.3 Å². The monoisotopic (exact) mass is 347 g/mol. The van der Waals surface area contributed by atoms with Gasteiger partial charge in [0.25, 0.3) is 11.5 Å². The SMILES string of the molecule is CCN(C(=O)C(C)n1nc(-c2ccccc2)ccc1=O)c1ccccc1. The number of aromatic nitrogens is 2. The van der Waals surface area contributed by atoms with Crippen LogP contribution in [0.2, 0.25) is 0 Å². The summed E-state index contributed by atoms with van der Waals surface area (Å²) in [5.41, 5.74) is 2.07. The molecule has 5 nitrogen and oxygen atoms in total. The van der Waals surface area contributed by atoms with Gasteiger partial charge in [-0.1, -0.05) is 48.5 Å². The Bertz CT molecular complexity index is 936. The number of rotatable bonds is 5. The number of nitrogens with zero attached hydrogens (tertiary/aromatic N) is 3. The van der Waals surface area contributed by atoms with Crippen molar-refractivity contribution in [3.63, 3.8) is 0 Å². The van der Waals surface area contributed by atoms with E-state index in [4.69, 9.17) is 0 Å². The summed E-state index contributed by atoms with van der Waals surface area (Å²) in [5, 5.41) is 4.43. The van der Waals surface area contributed by atoms with Gasteiger partial charge in [-0.05, 0) is 32.0 Å². The number of benzene rings is 2. The molecule has 3 rings (SSSR count). The van der Waals surface area contributed by atoms with Crippen LogP contribution in [0, 0.1) is 0 Å². The van der Waals surface area contributed by atoms with Crippen LogP contribution < -0.4 is 10.5 Å². The summed E-state index contributed by atoms with van der Waals surface area (Å²) >= 11 is 0. The van der Waals surface area contributed by atoms with Gasteiger partial charge < -0.3 is 4.90 Å². The first-order valence-corrected chi connectivity index (χ1v) is 8.63. The predicted octanol–water partition coefficient (Wildman–Crippen LogP) is 3.52. The average molecular weight is 347 g/mol. The van der Waals surface area contributed by atoms with Gasteiger partial charge in [-0.25, -0.2) is 4.68 Å². The lowest BCUT2D eigenvalue weighted by Gasteiger charge is -2.25. The van der Waals surface area contributed by atoms with Crippen LogP contribution in [0.1, 0.15) is 19.9 Å². The van der Waals surface area contributed by atoms with E-state index in [0.29, 0.717) is 12.2 Å². The molecule has 0 aliphatic carbocycles. The largest absolute Gasteiger partial charge is 0.311 e. The Labute approximate surface area is 152 Å². The number of para-hydroxylation sites is 1. The number of hydrogen-bond acceptors (Lipinski definition) is 3. The van der Waals surface area contributed by atoms with Crippen LogP contribution in [0.25, 0.3) is 11.3 Å². The first-order chi connectivity index (χ1) is 12.6. The Kier molecular flexibility index (Phi) is 5.27. The third-order valence-electron chi connectivity index (χ3n) is 4.27. The van der Waals surface area contributed by atoms with Crippen molar-refractivity contribution in [3.05, 3.63) is 83.2 Å². The molecule has 0 spiro atoms. The fraction of sp³-hybridized carbons (Fsp3) is 0.190. The minimum absolute atomic E-state index is 0.168. The second kappa shape index (κ2) is 7.78. The van der Waals surface area contributed by atoms with Crippen molar-refractivity contribution < 1.29 is 4.79 Å². The lowest BCUT2D eigenvalue weighted by molar-refractivity contribution is -0.121. The van der Waals surface area contributed by atoms with Crippen molar-refractivity contribution in [3.8, 4) is 11.3 Å². The average Bonchev–Trinajstić information content (AvgIpc) is 2.70. The summed E-state index contributed by atoms with van der Waals surface area (Å²) in [6, 6.07) is 21.5. The molecule has 26 heavy (non-hydrogen) atoms. The zero-order valence-electron chi connectivity index (χ0n) is 14.9. The van der Waals surface area contributed by atoms with Gasteiger partial charge in [0.15, 0.2) is 0 Å². The van der Waals surface area contributed by atoms with Crippen LogP contribution in [0.3, 0.4) is 0 Å². The molecule has 0 radical (unpaired) electrons. The number of carbonyl (C=O) groups excluding carboxylic acids is 1. The number of anilines is 1. The molecule has 1 aromatic heterocycles. The molecular formula is C21H21N3O2. The number of likely N-dealkylation sites (N-methyl/N-ethyl adjacent to an activating group) is 1. The van der Waals surface area contributed by atoms with Crippen LogP contribution >= 0.6 is 0 Å². The molecule has 2 aromatic carbocycles. The summed E-state index contributed by atoms with van der Waals surface area (Å²) < 4.78 is 1.26. The topological polar surface area (TPSA) is 55.2 Å². The second-order valence-electron chi connectivity index (χ2n) is 5.96. The van der Waals surface area contributed by atoms with Crippen molar-refractivity contribution in [1.82, 2.24) is 9.78 Å². The van der Waals surface area contributed by atoms with Gasteiger partial charge in [-0.15, -0.1) is 0 Å². The van der Waals surface area contributed by atoms with E-state index in [1.807, 2.05) is 67.6 Å². The highest BCUT2D eigenvalue weighted by molar-refractivity contribution is 5.95. The highest BCUT2D eigenvalue weighted by Crippen LogP contribution is 2.19. The maximum atomic E-state index is 13.0. The van der Waals surface area contributed by atoms with Crippen LogP contribution in [0.4, 0.5) is 5.69 Å². The first-order valence-electron chi connectivity index (χ1n) is 8.63. The lowest BCUT2D eigenvalue weighted by atomic mass is 10.1. The highest BCUT2D eigenvalue weighted by atomic mass is 16.2. The Morgan fingerprint density at radius 3 is 2.23 bits per heavy atom. The van der Waals surface area contributed by atoms with E-state index in [2.05, 4.69) is 5.10 Å². The molecule has 0 saturated heterocycles. The van der Waals surface area contributed by atoms with Crippen molar-refractivity contribution in [2.75, 3.05) is 11.4 Å². The molecule has 3 aromatic rings. The Hall–Kier alpha value is -3.21. The van der Waals surface area contributed by atoms with Gasteiger partial charge in [0.05, 0.1) is 5.69 Å². The van der Waals surface area contributed by atoms with Crippen molar-refractivity contribution >= 4 is 11.6 Å². The van der Waals surface area contributed by atoms with Crippen LogP contribution in [-0.4, -0.2) is 22.2 Å². The summed E-state index contributed by atoms with van der Waals surface area (Å²) in [6.45, 7) is 4.13. The molecule has 5 heteroatoms. The Morgan fingerprint density at radius 1 is 1.00 bits per heavy atom. The molecule has 1 heterocycles. The van der Waals surface area contributed by atoms with Gasteiger partial charge in [-0.2, -0.15) is 5.10 Å². The standard InChI is InChI=1S/C21H21N3O2/c1-3-23(18-12-8-5-9-13-18)21(26)16(2)24-20(25)15-14-19(22-24)17-10-6-4-7-11-17/h4-16H,3H2,1-2H3. The summed E-state index contributed by atoms with van der Waals surface area (Å²) in [4.78, 5) is 27.0. The molecule has 1 atom stereocenters. The van der Waals surface area contributed by atoms with Crippen LogP contribution in [0.15, 0.2) is 77.6 Å². The minimum atomic E-state index is -0.702. The fourth-order valence-corrected chi connectivity index (χ4v) is 2.87. The zero-order valence-corrected chi connectivity index (χ0v) is 14.9. The maximum Gasteiger partial charge on any atom is 0.267 e. The molecule has 0 bridgehead atoms. The summed E-state index contributed by atoms with van der Waals surface area (Å²) in [6.07, 6.45) is 0. The molecule has 0 saturated carbocycles. The van der Waals surface area contributed by atoms with Crippen molar-refractivity contribution in [1.29, 1.82) is 0 Å². The van der Waals surface area contributed by atoms with E-state index in [-0.39, 0.29) is 11.5 Å². The quantitative estimate of drug-likeness (QED) is 0.709. The summed E-state index contributed by atoms with van der Waals surface area (Å²) in [7, 11) is 0. The molecule has 0 fully saturated rings. The molecule has 132 valence electrons. The van der Waals surface area contributed by atoms with Crippen LogP contribution in [0.5, 0.6) is 0 Å². The molecule has 0 aliphatic rings. The second-order valence-corrected chi connectivity index (χ2v) is 5.96. The minimum Gasteiger partial charge on any atom is -0.311 e. The van der Waals surface area contributed by atoms with Crippen molar-refractivity contribution in [2.24, 2.45) is 0 Å². The van der Waals surface area contributed by atoms with E-state index < -0.39 is 6.04 Å².